The van der Waals surface area contributed by atoms with E-state index in [2.05, 4.69) is 26.1 Å². The largest absolute Gasteiger partial charge is 0.377 e. The molecule has 0 bridgehead atoms. The van der Waals surface area contributed by atoms with Gasteiger partial charge in [0.15, 0.2) is 0 Å². The van der Waals surface area contributed by atoms with Gasteiger partial charge in [0.05, 0.1) is 5.60 Å². The van der Waals surface area contributed by atoms with E-state index >= 15 is 0 Å². The second-order valence-corrected chi connectivity index (χ2v) is 5.85. The van der Waals surface area contributed by atoms with Crippen molar-refractivity contribution >= 4 is 0 Å². The van der Waals surface area contributed by atoms with Crippen molar-refractivity contribution in [3.63, 3.8) is 0 Å². The summed E-state index contributed by atoms with van der Waals surface area (Å²) in [5.74, 6) is 0.837. The highest BCUT2D eigenvalue weighted by Gasteiger charge is 2.36. The number of rotatable bonds is 8. The van der Waals surface area contributed by atoms with Crippen LogP contribution in [0.5, 0.6) is 0 Å². The number of nitrogens with one attached hydrogen (secondary N) is 1. The van der Waals surface area contributed by atoms with Crippen LogP contribution in [0.3, 0.4) is 0 Å². The third-order valence-electron chi connectivity index (χ3n) is 3.89. The van der Waals surface area contributed by atoms with Gasteiger partial charge in [-0.1, -0.05) is 26.7 Å². The fourth-order valence-electron chi connectivity index (χ4n) is 2.32. The maximum absolute atomic E-state index is 5.60. The summed E-state index contributed by atoms with van der Waals surface area (Å²) >= 11 is 0. The molecule has 0 radical (unpaired) electrons. The van der Waals surface area contributed by atoms with Gasteiger partial charge >= 0.3 is 0 Å². The molecule has 1 N–H and O–H groups in total. The van der Waals surface area contributed by atoms with E-state index in [-0.39, 0.29) is 5.60 Å². The van der Waals surface area contributed by atoms with Gasteiger partial charge in [0.25, 0.3) is 0 Å². The molecule has 16 heavy (non-hydrogen) atoms. The normalized spacial score (nSPS) is 20.8. The van der Waals surface area contributed by atoms with Crippen molar-refractivity contribution in [3.05, 3.63) is 0 Å². The molecule has 1 aliphatic carbocycles. The van der Waals surface area contributed by atoms with E-state index in [4.69, 9.17) is 4.74 Å². The molecule has 0 aromatic heterocycles. The van der Waals surface area contributed by atoms with Crippen LogP contribution in [0.1, 0.15) is 59.3 Å². The third kappa shape index (κ3) is 4.42. The van der Waals surface area contributed by atoms with E-state index in [1.54, 1.807) is 0 Å². The number of hydrogen-bond acceptors (Lipinski definition) is 2. The Hall–Kier alpha value is -0.0800. The minimum atomic E-state index is 0.173. The predicted molar refractivity (Wildman–Crippen MR) is 69.7 cm³/mol. The van der Waals surface area contributed by atoms with Crippen LogP contribution in [0.2, 0.25) is 0 Å². The molecule has 2 nitrogen and oxygen atoms in total. The van der Waals surface area contributed by atoms with Gasteiger partial charge in [-0.2, -0.15) is 0 Å². The smallest absolute Gasteiger partial charge is 0.0802 e. The van der Waals surface area contributed by atoms with Crippen LogP contribution < -0.4 is 5.32 Å². The molecular formula is C14H29NO. The zero-order valence-corrected chi connectivity index (χ0v) is 11.5. The zero-order valence-electron chi connectivity index (χ0n) is 11.5. The Morgan fingerprint density at radius 3 is 2.31 bits per heavy atom. The average molecular weight is 227 g/mol. The molecule has 0 saturated heterocycles. The van der Waals surface area contributed by atoms with Gasteiger partial charge in [0.2, 0.25) is 0 Å². The Bertz CT molecular complexity index is 182. The van der Waals surface area contributed by atoms with Crippen LogP contribution in [0.4, 0.5) is 0 Å². The number of methoxy groups -OCH3 is 1. The molecule has 0 aliphatic heterocycles. The lowest BCUT2D eigenvalue weighted by Gasteiger charge is -2.41. The van der Waals surface area contributed by atoms with Gasteiger partial charge in [-0.3, -0.25) is 0 Å². The van der Waals surface area contributed by atoms with Gasteiger partial charge in [0.1, 0.15) is 0 Å². The first-order valence-corrected chi connectivity index (χ1v) is 6.86. The van der Waals surface area contributed by atoms with E-state index in [1.165, 1.54) is 38.5 Å². The van der Waals surface area contributed by atoms with Crippen molar-refractivity contribution in [3.8, 4) is 0 Å². The number of ether oxygens (including phenoxy) is 1. The highest BCUT2D eigenvalue weighted by Crippen LogP contribution is 2.34. The Morgan fingerprint density at radius 1 is 1.19 bits per heavy atom. The summed E-state index contributed by atoms with van der Waals surface area (Å²) in [6.07, 6.45) is 7.77. The summed E-state index contributed by atoms with van der Waals surface area (Å²) in [6.45, 7) is 7.92. The van der Waals surface area contributed by atoms with E-state index < -0.39 is 0 Å². The quantitative estimate of drug-likeness (QED) is 0.686. The lowest BCUT2D eigenvalue weighted by atomic mass is 9.80. The molecule has 1 fully saturated rings. The van der Waals surface area contributed by atoms with Crippen molar-refractivity contribution < 1.29 is 4.74 Å². The van der Waals surface area contributed by atoms with E-state index in [0.29, 0.717) is 6.04 Å². The first-order valence-electron chi connectivity index (χ1n) is 6.86. The fourth-order valence-corrected chi connectivity index (χ4v) is 2.32. The maximum atomic E-state index is 5.60. The number of hydrogen-bond donors (Lipinski definition) is 1. The SMILES string of the molecule is COC1(CNC(C)CCCC(C)C)CCC1. The highest BCUT2D eigenvalue weighted by molar-refractivity contribution is 4.91. The molecule has 0 spiro atoms. The molecule has 0 heterocycles. The Kier molecular flexibility index (Phi) is 5.77. The van der Waals surface area contributed by atoms with Crippen LogP contribution in [0.25, 0.3) is 0 Å². The Balaban J connectivity index is 2.07. The zero-order chi connectivity index (χ0) is 12.0. The van der Waals surface area contributed by atoms with Crippen LogP contribution in [-0.4, -0.2) is 25.3 Å². The van der Waals surface area contributed by atoms with Gasteiger partial charge in [-0.15, -0.1) is 0 Å². The summed E-state index contributed by atoms with van der Waals surface area (Å²) in [6, 6.07) is 0.631. The molecule has 1 unspecified atom stereocenters. The fraction of sp³-hybridized carbons (Fsp3) is 1.00. The summed E-state index contributed by atoms with van der Waals surface area (Å²) < 4.78 is 5.60. The topological polar surface area (TPSA) is 21.3 Å². The van der Waals surface area contributed by atoms with Crippen molar-refractivity contribution in [1.29, 1.82) is 0 Å². The first-order chi connectivity index (χ1) is 7.58. The van der Waals surface area contributed by atoms with E-state index in [1.807, 2.05) is 7.11 Å². The monoisotopic (exact) mass is 227 g/mol. The highest BCUT2D eigenvalue weighted by atomic mass is 16.5. The summed E-state index contributed by atoms with van der Waals surface area (Å²) in [7, 11) is 1.85. The standard InChI is InChI=1S/C14H29NO/c1-12(2)7-5-8-13(3)15-11-14(16-4)9-6-10-14/h12-13,15H,5-11H2,1-4H3. The minimum Gasteiger partial charge on any atom is -0.377 e. The molecule has 96 valence electrons. The van der Waals surface area contributed by atoms with Crippen LogP contribution in [-0.2, 0) is 4.74 Å². The molecule has 1 atom stereocenters. The predicted octanol–water partition coefficient (Wildman–Crippen LogP) is 3.36. The molecule has 0 amide bonds. The van der Waals surface area contributed by atoms with Crippen LogP contribution in [0.15, 0.2) is 0 Å². The van der Waals surface area contributed by atoms with Gasteiger partial charge in [-0.05, 0) is 38.5 Å². The minimum absolute atomic E-state index is 0.173. The lowest BCUT2D eigenvalue weighted by molar-refractivity contribution is -0.0707. The second-order valence-electron chi connectivity index (χ2n) is 5.85. The third-order valence-corrected chi connectivity index (χ3v) is 3.89. The summed E-state index contributed by atoms with van der Waals surface area (Å²) in [5.41, 5.74) is 0.173. The molecule has 0 aromatic rings. The Labute approximate surface area is 101 Å². The van der Waals surface area contributed by atoms with E-state index in [0.717, 1.165) is 12.5 Å². The van der Waals surface area contributed by atoms with Gasteiger partial charge < -0.3 is 10.1 Å². The first kappa shape index (κ1) is 14.0. The lowest BCUT2D eigenvalue weighted by Crippen LogP contribution is -2.49. The van der Waals surface area contributed by atoms with Gasteiger partial charge in [-0.25, -0.2) is 0 Å². The molecule has 2 heteroatoms. The second kappa shape index (κ2) is 6.61. The summed E-state index contributed by atoms with van der Waals surface area (Å²) in [4.78, 5) is 0. The van der Waals surface area contributed by atoms with Crippen LogP contribution in [0, 0.1) is 5.92 Å². The van der Waals surface area contributed by atoms with Crippen molar-refractivity contribution in [2.75, 3.05) is 13.7 Å². The van der Waals surface area contributed by atoms with Crippen molar-refractivity contribution in [2.45, 2.75) is 70.9 Å². The maximum Gasteiger partial charge on any atom is 0.0802 e. The summed E-state index contributed by atoms with van der Waals surface area (Å²) in [5, 5.41) is 3.63. The van der Waals surface area contributed by atoms with Gasteiger partial charge in [0, 0.05) is 19.7 Å². The van der Waals surface area contributed by atoms with Crippen LogP contribution >= 0.6 is 0 Å². The van der Waals surface area contributed by atoms with Crippen molar-refractivity contribution in [2.24, 2.45) is 5.92 Å². The molecule has 0 aromatic carbocycles. The molecule has 1 aliphatic rings. The molecular weight excluding hydrogens is 198 g/mol. The Morgan fingerprint density at radius 2 is 1.88 bits per heavy atom. The molecule has 1 saturated carbocycles. The average Bonchev–Trinajstić information content (AvgIpc) is 2.16. The van der Waals surface area contributed by atoms with Crippen molar-refractivity contribution in [1.82, 2.24) is 5.32 Å². The molecule has 1 rings (SSSR count). The van der Waals surface area contributed by atoms with E-state index in [9.17, 15) is 0 Å².